The van der Waals surface area contributed by atoms with Gasteiger partial charge in [-0.2, -0.15) is 16.8 Å². The summed E-state index contributed by atoms with van der Waals surface area (Å²) < 4.78 is 129. The fraction of sp³-hybridized carbons (Fsp3) is 0.0571. The van der Waals surface area contributed by atoms with E-state index < -0.39 is 100 Å². The molecular formula is C35H26N4O13S4. The summed E-state index contributed by atoms with van der Waals surface area (Å²) in [5, 5.41) is 27.9. The summed E-state index contributed by atoms with van der Waals surface area (Å²) in [6.45, 7) is 2.76. The molecule has 0 aliphatic carbocycles. The normalized spacial score (nSPS) is 15.4. The molecule has 56 heavy (non-hydrogen) atoms. The number of amides is 2. The van der Waals surface area contributed by atoms with Gasteiger partial charge in [-0.15, -0.1) is 0 Å². The quantitative estimate of drug-likeness (QED) is 0.108. The summed E-state index contributed by atoms with van der Waals surface area (Å²) >= 11 is 0. The average molecular weight is 839 g/mol. The number of benzene rings is 6. The van der Waals surface area contributed by atoms with Crippen LogP contribution < -0.4 is 19.2 Å². The van der Waals surface area contributed by atoms with Crippen LogP contribution in [0.5, 0.6) is 11.5 Å². The molecule has 0 atom stereocenters. The Bertz CT molecular complexity index is 3050. The van der Waals surface area contributed by atoms with Crippen LogP contribution in [-0.2, 0) is 40.3 Å². The van der Waals surface area contributed by atoms with Gasteiger partial charge in [0.25, 0.3) is 40.3 Å². The molecule has 6 aromatic carbocycles. The maximum atomic E-state index is 14.2. The third-order valence-electron chi connectivity index (χ3n) is 9.46. The number of fused-ring (bicyclic) bond motifs is 6. The number of nitrogens with one attached hydrogen (secondary N) is 2. The first-order valence-corrected chi connectivity index (χ1v) is 21.8. The molecule has 17 nitrogen and oxygen atoms in total. The van der Waals surface area contributed by atoms with E-state index >= 15 is 0 Å². The number of rotatable bonds is 6. The van der Waals surface area contributed by atoms with Crippen LogP contribution in [0.3, 0.4) is 0 Å². The Morgan fingerprint density at radius 2 is 0.946 bits per heavy atom. The van der Waals surface area contributed by atoms with Crippen LogP contribution in [0.4, 0.5) is 38.9 Å². The molecule has 0 radical (unpaired) electrons. The number of aryl methyl sites for hydroxylation is 2. The van der Waals surface area contributed by atoms with E-state index in [0.717, 1.165) is 12.1 Å². The Labute approximate surface area is 318 Å². The van der Waals surface area contributed by atoms with E-state index in [0.29, 0.717) is 8.61 Å². The van der Waals surface area contributed by atoms with Crippen molar-refractivity contribution >= 4 is 102 Å². The van der Waals surface area contributed by atoms with Crippen molar-refractivity contribution in [3.8, 4) is 11.5 Å². The number of hydrogen-bond donors (Lipinski definition) is 6. The summed E-state index contributed by atoms with van der Waals surface area (Å²) in [4.78, 5) is 10.9. The molecule has 288 valence electrons. The number of hydrogen-bond acceptors (Lipinski definition) is 11. The molecule has 0 spiro atoms. The van der Waals surface area contributed by atoms with Crippen molar-refractivity contribution in [2.24, 2.45) is 0 Å². The molecule has 2 amide bonds. The van der Waals surface area contributed by atoms with Gasteiger partial charge in [-0.1, -0.05) is 60.7 Å². The van der Waals surface area contributed by atoms with Gasteiger partial charge in [-0.25, -0.2) is 30.2 Å². The van der Waals surface area contributed by atoms with Gasteiger partial charge in [0.05, 0.1) is 22.7 Å². The number of nitrogens with zero attached hydrogens (tertiary/aromatic N) is 2. The maximum absolute atomic E-state index is 14.2. The second kappa shape index (κ2) is 12.0. The van der Waals surface area contributed by atoms with Crippen LogP contribution >= 0.6 is 0 Å². The molecule has 8 rings (SSSR count). The van der Waals surface area contributed by atoms with Crippen molar-refractivity contribution in [1.82, 2.24) is 0 Å². The Morgan fingerprint density at radius 1 is 0.589 bits per heavy atom. The largest absolute Gasteiger partial charge is 0.505 e. The number of sulfonamides is 2. The molecule has 2 aliphatic rings. The van der Waals surface area contributed by atoms with Gasteiger partial charge in [0.2, 0.25) is 0 Å². The SMILES string of the molecule is Cc1ccc2c(NC(=O)Nc3c4ccc(C)c3S(=O)(=O)N4c3c(S(=O)(=O)O)cc4ccccc4c3O)c1S(=O)(=O)N2c1c(S(=O)(=O)O)cc2ccccc2c1O. The number of aromatic hydroxyl groups is 2. The average Bonchev–Trinajstić information content (AvgIpc) is 3.35. The van der Waals surface area contributed by atoms with Crippen LogP contribution in [-0.4, -0.2) is 59.0 Å². The van der Waals surface area contributed by atoms with E-state index in [2.05, 4.69) is 10.6 Å². The Kier molecular flexibility index (Phi) is 7.93. The fourth-order valence-corrected chi connectivity index (χ4v) is 12.5. The predicted molar refractivity (Wildman–Crippen MR) is 205 cm³/mol. The van der Waals surface area contributed by atoms with Crippen molar-refractivity contribution in [3.63, 3.8) is 0 Å². The van der Waals surface area contributed by atoms with Crippen LogP contribution in [0.15, 0.2) is 105 Å². The first-order chi connectivity index (χ1) is 26.2. The van der Waals surface area contributed by atoms with Gasteiger partial charge in [-0.3, -0.25) is 9.11 Å². The molecule has 6 aromatic rings. The highest BCUT2D eigenvalue weighted by Gasteiger charge is 2.47. The van der Waals surface area contributed by atoms with Gasteiger partial charge in [0, 0.05) is 10.8 Å². The van der Waals surface area contributed by atoms with E-state index in [1.54, 1.807) is 0 Å². The summed E-state index contributed by atoms with van der Waals surface area (Å²) in [5.41, 5.74) is -3.06. The van der Waals surface area contributed by atoms with Crippen LogP contribution in [0.1, 0.15) is 11.1 Å². The zero-order valence-electron chi connectivity index (χ0n) is 28.6. The zero-order valence-corrected chi connectivity index (χ0v) is 31.8. The highest BCUT2D eigenvalue weighted by molar-refractivity contribution is 7.94. The molecule has 0 saturated carbocycles. The van der Waals surface area contributed by atoms with Crippen molar-refractivity contribution in [3.05, 3.63) is 96.1 Å². The summed E-state index contributed by atoms with van der Waals surface area (Å²) in [6.07, 6.45) is 0. The minimum atomic E-state index is -5.19. The number of carbonyl (C=O) groups excluding carboxylic acids is 1. The molecule has 6 N–H and O–H groups in total. The van der Waals surface area contributed by atoms with Gasteiger partial charge < -0.3 is 20.8 Å². The van der Waals surface area contributed by atoms with Crippen molar-refractivity contribution < 1.29 is 57.8 Å². The van der Waals surface area contributed by atoms with Gasteiger partial charge >= 0.3 is 6.03 Å². The maximum Gasteiger partial charge on any atom is 0.323 e. The van der Waals surface area contributed by atoms with Crippen LogP contribution in [0.2, 0.25) is 0 Å². The van der Waals surface area contributed by atoms with E-state index in [1.165, 1.54) is 86.6 Å². The lowest BCUT2D eigenvalue weighted by atomic mass is 10.1. The lowest BCUT2D eigenvalue weighted by molar-refractivity contribution is 0.262. The number of urea groups is 1. The molecule has 2 heterocycles. The fourth-order valence-electron chi connectivity index (χ4n) is 7.15. The Balaban J connectivity index is 1.26. The summed E-state index contributed by atoms with van der Waals surface area (Å²) in [6, 6.07) is 17.6. The molecule has 0 fully saturated rings. The van der Waals surface area contributed by atoms with E-state index in [4.69, 9.17) is 0 Å². The molecule has 2 aliphatic heterocycles. The van der Waals surface area contributed by atoms with Crippen molar-refractivity contribution in [2.75, 3.05) is 19.2 Å². The first-order valence-electron chi connectivity index (χ1n) is 16.1. The minimum Gasteiger partial charge on any atom is -0.505 e. The molecule has 0 saturated heterocycles. The summed E-state index contributed by atoms with van der Waals surface area (Å²) in [7, 11) is -20.1. The van der Waals surface area contributed by atoms with Gasteiger partial charge in [-0.05, 0) is 60.0 Å². The highest BCUT2D eigenvalue weighted by Crippen LogP contribution is 2.56. The summed E-state index contributed by atoms with van der Waals surface area (Å²) in [5.74, 6) is -1.64. The second-order valence-corrected chi connectivity index (χ2v) is 19.1. The van der Waals surface area contributed by atoms with Crippen LogP contribution in [0, 0.1) is 13.8 Å². The third-order valence-corrected chi connectivity index (χ3v) is 15.0. The third kappa shape index (κ3) is 5.27. The molecule has 0 aromatic heterocycles. The Hall–Kier alpha value is -5.97. The predicted octanol–water partition coefficient (Wildman–Crippen LogP) is 5.84. The van der Waals surface area contributed by atoms with Gasteiger partial charge in [0.15, 0.2) is 0 Å². The monoisotopic (exact) mass is 838 g/mol. The molecule has 21 heteroatoms. The topological polar surface area (TPSA) is 265 Å². The highest BCUT2D eigenvalue weighted by atomic mass is 32.2. The molecule has 4 bridgehead atoms. The van der Waals surface area contributed by atoms with Crippen LogP contribution in [0.25, 0.3) is 21.5 Å². The number of anilines is 6. The lowest BCUT2D eigenvalue weighted by Crippen LogP contribution is -2.23. The minimum absolute atomic E-state index is 0.0346. The second-order valence-electron chi connectivity index (χ2n) is 12.9. The molecule has 0 unspecified atom stereocenters. The van der Waals surface area contributed by atoms with Crippen molar-refractivity contribution in [2.45, 2.75) is 33.4 Å². The zero-order chi connectivity index (χ0) is 40.4. The lowest BCUT2D eigenvalue weighted by Gasteiger charge is -2.23. The number of carbonyl (C=O) groups is 1. The van der Waals surface area contributed by atoms with Gasteiger partial charge in [0.1, 0.15) is 42.5 Å². The molecular weight excluding hydrogens is 813 g/mol. The number of phenolic OH excluding ortho intramolecular Hbond substituents is 2. The smallest absolute Gasteiger partial charge is 0.323 e. The van der Waals surface area contributed by atoms with E-state index in [9.17, 15) is 57.8 Å². The number of phenols is 2. The van der Waals surface area contributed by atoms with Crippen molar-refractivity contribution in [1.29, 1.82) is 0 Å². The standard InChI is InChI=1S/C35H26N4O13S4/c1-17-11-13-23-27(33(17)53(43,44)38(23)29-25(55(47,48)49)15-19-7-3-5-9-21(19)31(29)40)36-35(42)37-28-24-14-12-18(2)34(28)54(45,46)39(24)30-26(56(50,51)52)16-20-8-4-6-10-22(20)32(30)41/h3-16,40-41H,1-2H3,(H2,36,37,42)(H,47,48,49)(H,50,51,52). The Morgan fingerprint density at radius 3 is 1.30 bits per heavy atom. The van der Waals surface area contributed by atoms with E-state index in [-0.39, 0.29) is 44.0 Å². The van der Waals surface area contributed by atoms with E-state index in [1.807, 2.05) is 0 Å². The first kappa shape index (κ1) is 37.0.